The summed E-state index contributed by atoms with van der Waals surface area (Å²) < 4.78 is 5.01. The number of amides is 1. The second-order valence-corrected chi connectivity index (χ2v) is 7.23. The number of hydrogen-bond donors (Lipinski definition) is 1. The highest BCUT2D eigenvalue weighted by Gasteiger charge is 2.34. The van der Waals surface area contributed by atoms with Crippen LogP contribution in [0.25, 0.3) is 0 Å². The zero-order valence-corrected chi connectivity index (χ0v) is 15.2. The zero-order chi connectivity index (χ0) is 17.8. The van der Waals surface area contributed by atoms with Crippen LogP contribution < -0.4 is 5.32 Å². The summed E-state index contributed by atoms with van der Waals surface area (Å²) in [7, 11) is 1.42. The Labute approximate surface area is 149 Å². The summed E-state index contributed by atoms with van der Waals surface area (Å²) in [5.74, 6) is 0.230. The highest BCUT2D eigenvalue weighted by Crippen LogP contribution is 2.28. The van der Waals surface area contributed by atoms with Crippen molar-refractivity contribution >= 4 is 11.9 Å². The second-order valence-electron chi connectivity index (χ2n) is 7.23. The summed E-state index contributed by atoms with van der Waals surface area (Å²) in [5, 5.41) is 3.43. The first-order chi connectivity index (χ1) is 12.1. The summed E-state index contributed by atoms with van der Waals surface area (Å²) >= 11 is 0. The molecule has 2 atom stereocenters. The number of ether oxygens (including phenoxy) is 1. The highest BCUT2D eigenvalue weighted by molar-refractivity contribution is 5.80. The minimum atomic E-state index is -0.488. The molecule has 0 unspecified atom stereocenters. The number of aryl methyl sites for hydroxylation is 1. The summed E-state index contributed by atoms with van der Waals surface area (Å²) in [6.07, 6.45) is 5.27. The molecule has 1 amide bonds. The van der Waals surface area contributed by atoms with E-state index in [1.165, 1.54) is 20.0 Å². The molecule has 1 aromatic rings. The Morgan fingerprint density at radius 1 is 1.20 bits per heavy atom. The van der Waals surface area contributed by atoms with Crippen LogP contribution in [0.5, 0.6) is 0 Å². The zero-order valence-electron chi connectivity index (χ0n) is 15.2. The van der Waals surface area contributed by atoms with Gasteiger partial charge in [0.1, 0.15) is 6.04 Å². The van der Waals surface area contributed by atoms with Gasteiger partial charge < -0.3 is 9.64 Å². The Kier molecular flexibility index (Phi) is 5.74. The molecule has 1 saturated carbocycles. The lowest BCUT2D eigenvalue weighted by Crippen LogP contribution is -2.41. The Morgan fingerprint density at radius 3 is 2.60 bits per heavy atom. The van der Waals surface area contributed by atoms with Crippen molar-refractivity contribution in [2.45, 2.75) is 51.1 Å². The van der Waals surface area contributed by atoms with Gasteiger partial charge in [0, 0.05) is 25.0 Å². The van der Waals surface area contributed by atoms with Gasteiger partial charge in [0.05, 0.1) is 7.11 Å². The summed E-state index contributed by atoms with van der Waals surface area (Å²) in [6.45, 7) is 3.45. The van der Waals surface area contributed by atoms with E-state index in [9.17, 15) is 9.59 Å². The first kappa shape index (κ1) is 17.9. The van der Waals surface area contributed by atoms with Gasteiger partial charge in [0.25, 0.3) is 0 Å². The number of carbonyl (C=O) groups excluding carboxylic acids is 2. The summed E-state index contributed by atoms with van der Waals surface area (Å²) in [6, 6.07) is 7.49. The number of nitrogens with one attached hydrogen (secondary N) is 1. The molecule has 2 fully saturated rings. The lowest BCUT2D eigenvalue weighted by molar-refractivity contribution is -0.143. The fourth-order valence-corrected chi connectivity index (χ4v) is 4.08. The van der Waals surface area contributed by atoms with Gasteiger partial charge in [0.2, 0.25) is 5.91 Å². The number of nitrogens with zero attached hydrogens (tertiary/aromatic N) is 1. The SMILES string of the molecule is COC(=O)[C@@H](N[C@H]1CCN(C(=O)C2CCCC2)C1)c1ccccc1C. The number of carbonyl (C=O) groups is 2. The van der Waals surface area contributed by atoms with E-state index >= 15 is 0 Å². The van der Waals surface area contributed by atoms with E-state index in [1.807, 2.05) is 36.1 Å². The molecule has 1 aliphatic carbocycles. The highest BCUT2D eigenvalue weighted by atomic mass is 16.5. The van der Waals surface area contributed by atoms with E-state index in [-0.39, 0.29) is 17.9 Å². The van der Waals surface area contributed by atoms with Gasteiger partial charge in [-0.05, 0) is 37.3 Å². The third kappa shape index (κ3) is 4.03. The Hall–Kier alpha value is -1.88. The molecular formula is C20H28N2O3. The van der Waals surface area contributed by atoms with Crippen LogP contribution in [0.4, 0.5) is 0 Å². The predicted octanol–water partition coefficient (Wildman–Crippen LogP) is 2.59. The van der Waals surface area contributed by atoms with E-state index in [4.69, 9.17) is 4.74 Å². The largest absolute Gasteiger partial charge is 0.468 e. The number of hydrogen-bond acceptors (Lipinski definition) is 4. The van der Waals surface area contributed by atoms with Crippen LogP contribution in [0.2, 0.25) is 0 Å². The smallest absolute Gasteiger partial charge is 0.327 e. The molecule has 3 rings (SSSR count). The molecule has 1 heterocycles. The Balaban J connectivity index is 1.66. The molecule has 1 saturated heterocycles. The van der Waals surface area contributed by atoms with Crippen LogP contribution in [-0.4, -0.2) is 43.0 Å². The van der Waals surface area contributed by atoms with Crippen molar-refractivity contribution in [3.63, 3.8) is 0 Å². The normalized spacial score (nSPS) is 22.2. The number of esters is 1. The topological polar surface area (TPSA) is 58.6 Å². The minimum Gasteiger partial charge on any atom is -0.468 e. The van der Waals surface area contributed by atoms with Crippen molar-refractivity contribution in [1.29, 1.82) is 0 Å². The molecule has 5 heteroatoms. The molecule has 25 heavy (non-hydrogen) atoms. The number of likely N-dealkylation sites (tertiary alicyclic amines) is 1. The van der Waals surface area contributed by atoms with Gasteiger partial charge in [-0.2, -0.15) is 0 Å². The molecule has 2 aliphatic rings. The molecule has 1 N–H and O–H groups in total. The number of methoxy groups -OCH3 is 1. The molecule has 0 spiro atoms. The lowest BCUT2D eigenvalue weighted by Gasteiger charge is -2.24. The van der Waals surface area contributed by atoms with Gasteiger partial charge in [-0.15, -0.1) is 0 Å². The van der Waals surface area contributed by atoms with Crippen LogP contribution in [-0.2, 0) is 14.3 Å². The molecule has 1 aliphatic heterocycles. The molecule has 0 aromatic heterocycles. The summed E-state index contributed by atoms with van der Waals surface area (Å²) in [5.41, 5.74) is 2.00. The molecule has 0 radical (unpaired) electrons. The van der Waals surface area contributed by atoms with Crippen LogP contribution in [0.3, 0.4) is 0 Å². The Bertz CT molecular complexity index is 625. The Morgan fingerprint density at radius 2 is 1.92 bits per heavy atom. The van der Waals surface area contributed by atoms with Crippen molar-refractivity contribution in [3.8, 4) is 0 Å². The van der Waals surface area contributed by atoms with Gasteiger partial charge in [-0.25, -0.2) is 4.79 Å². The fraction of sp³-hybridized carbons (Fsp3) is 0.600. The quantitative estimate of drug-likeness (QED) is 0.834. The number of rotatable bonds is 5. The maximum atomic E-state index is 12.6. The molecule has 1 aromatic carbocycles. The van der Waals surface area contributed by atoms with E-state index in [1.54, 1.807) is 0 Å². The van der Waals surface area contributed by atoms with E-state index in [2.05, 4.69) is 5.32 Å². The third-order valence-electron chi connectivity index (χ3n) is 5.54. The van der Waals surface area contributed by atoms with Crippen LogP contribution in [0.1, 0.15) is 49.3 Å². The van der Waals surface area contributed by atoms with Crippen molar-refractivity contribution in [3.05, 3.63) is 35.4 Å². The first-order valence-corrected chi connectivity index (χ1v) is 9.28. The van der Waals surface area contributed by atoms with Crippen molar-refractivity contribution in [2.24, 2.45) is 5.92 Å². The summed E-state index contributed by atoms with van der Waals surface area (Å²) in [4.78, 5) is 26.9. The first-order valence-electron chi connectivity index (χ1n) is 9.28. The van der Waals surface area contributed by atoms with E-state index in [0.717, 1.165) is 36.9 Å². The maximum Gasteiger partial charge on any atom is 0.327 e. The van der Waals surface area contributed by atoms with Gasteiger partial charge in [-0.1, -0.05) is 37.1 Å². The van der Waals surface area contributed by atoms with Crippen LogP contribution >= 0.6 is 0 Å². The van der Waals surface area contributed by atoms with Gasteiger partial charge in [0.15, 0.2) is 0 Å². The minimum absolute atomic E-state index is 0.119. The van der Waals surface area contributed by atoms with Gasteiger partial charge >= 0.3 is 5.97 Å². The monoisotopic (exact) mass is 344 g/mol. The standard InChI is InChI=1S/C20H28N2O3/c1-14-7-3-6-10-17(14)18(20(24)25-2)21-16-11-12-22(13-16)19(23)15-8-4-5-9-15/h3,6-7,10,15-16,18,21H,4-5,8-9,11-13H2,1-2H3/t16-,18-/m0/s1. The fourth-order valence-electron chi connectivity index (χ4n) is 4.08. The third-order valence-corrected chi connectivity index (χ3v) is 5.54. The van der Waals surface area contributed by atoms with Crippen molar-refractivity contribution in [1.82, 2.24) is 10.2 Å². The second kappa shape index (κ2) is 8.00. The molecular weight excluding hydrogens is 316 g/mol. The maximum absolute atomic E-state index is 12.6. The van der Waals surface area contributed by atoms with E-state index in [0.29, 0.717) is 12.5 Å². The lowest BCUT2D eigenvalue weighted by atomic mass is 10.0. The average molecular weight is 344 g/mol. The predicted molar refractivity (Wildman–Crippen MR) is 96.0 cm³/mol. The van der Waals surface area contributed by atoms with Crippen molar-refractivity contribution in [2.75, 3.05) is 20.2 Å². The van der Waals surface area contributed by atoms with E-state index < -0.39 is 6.04 Å². The van der Waals surface area contributed by atoms with Gasteiger partial charge in [-0.3, -0.25) is 10.1 Å². The van der Waals surface area contributed by atoms with Crippen molar-refractivity contribution < 1.29 is 14.3 Å². The molecule has 136 valence electrons. The average Bonchev–Trinajstić information content (AvgIpc) is 3.31. The number of benzene rings is 1. The molecule has 0 bridgehead atoms. The molecule has 5 nitrogen and oxygen atoms in total. The van der Waals surface area contributed by atoms with Crippen LogP contribution in [0.15, 0.2) is 24.3 Å². The van der Waals surface area contributed by atoms with Crippen LogP contribution in [0, 0.1) is 12.8 Å².